The Kier molecular flexibility index (Phi) is 8.71. The second-order valence-corrected chi connectivity index (χ2v) is 12.1. The largest absolute Gasteiger partial charge is 0.280 e. The molecule has 38 heavy (non-hydrogen) atoms. The molecule has 0 fully saturated rings. The second-order valence-electron chi connectivity index (χ2n) is 9.17. The Bertz CT molecular complexity index is 1540. The topological polar surface area (TPSA) is 82.9 Å². The third-order valence-electron chi connectivity index (χ3n) is 5.99. The number of fused-ring (bicyclic) bond motifs is 1. The molecule has 0 radical (unpaired) electrons. The first kappa shape index (κ1) is 27.6. The van der Waals surface area contributed by atoms with E-state index < -0.39 is 15.9 Å². The van der Waals surface area contributed by atoms with Crippen molar-refractivity contribution in [1.82, 2.24) is 9.29 Å². The number of thiazole rings is 1. The lowest BCUT2D eigenvalue weighted by atomic mass is 10.2. The summed E-state index contributed by atoms with van der Waals surface area (Å²) in [5, 5.41) is 6.24. The Morgan fingerprint density at radius 2 is 1.55 bits per heavy atom. The molecule has 4 rings (SSSR count). The summed E-state index contributed by atoms with van der Waals surface area (Å²) < 4.78 is 28.8. The minimum Gasteiger partial charge on any atom is -0.267 e. The van der Waals surface area contributed by atoms with Gasteiger partial charge in [-0.1, -0.05) is 61.1 Å². The van der Waals surface area contributed by atoms with Crippen LogP contribution in [0, 0.1) is 13.8 Å². The van der Waals surface area contributed by atoms with Gasteiger partial charge in [0.1, 0.15) is 0 Å². The number of hydrazone groups is 1. The first-order chi connectivity index (χ1) is 18.2. The predicted molar refractivity (Wildman–Crippen MR) is 156 cm³/mol. The summed E-state index contributed by atoms with van der Waals surface area (Å²) >= 11 is 1.38. The molecule has 9 heteroatoms. The van der Waals surface area contributed by atoms with Crippen LogP contribution in [0.5, 0.6) is 0 Å². The van der Waals surface area contributed by atoms with Crippen molar-refractivity contribution in [3.05, 3.63) is 89.0 Å². The summed E-state index contributed by atoms with van der Waals surface area (Å²) in [5.74, 6) is -0.396. The van der Waals surface area contributed by atoms with E-state index in [9.17, 15) is 13.2 Å². The van der Waals surface area contributed by atoms with E-state index in [-0.39, 0.29) is 4.90 Å². The van der Waals surface area contributed by atoms with Gasteiger partial charge in [-0.25, -0.2) is 13.4 Å². The molecule has 0 aliphatic rings. The van der Waals surface area contributed by atoms with Crippen LogP contribution in [-0.2, 0) is 10.0 Å². The molecule has 0 aliphatic heterocycles. The second kappa shape index (κ2) is 12.0. The zero-order valence-electron chi connectivity index (χ0n) is 22.1. The SMILES string of the molecule is CCCN(CCC)S(=O)(=O)c1ccc(C(=O)N(/N=C/c2ccc(C)cc2)c2nc3ccc(C)cc3s2)cc1. The Morgan fingerprint density at radius 1 is 0.921 bits per heavy atom. The molecule has 3 aromatic carbocycles. The van der Waals surface area contributed by atoms with Gasteiger partial charge in [-0.2, -0.15) is 14.4 Å². The minimum atomic E-state index is -3.64. The molecule has 0 N–H and O–H groups in total. The summed E-state index contributed by atoms with van der Waals surface area (Å²) in [5.41, 5.74) is 4.18. The average molecular weight is 549 g/mol. The quantitative estimate of drug-likeness (QED) is 0.169. The number of nitrogens with zero attached hydrogens (tertiary/aromatic N) is 4. The number of hydrogen-bond acceptors (Lipinski definition) is 6. The van der Waals surface area contributed by atoms with Crippen molar-refractivity contribution in [2.75, 3.05) is 18.1 Å². The molecule has 0 aliphatic carbocycles. The van der Waals surface area contributed by atoms with E-state index in [1.807, 2.05) is 70.2 Å². The van der Waals surface area contributed by atoms with Crippen LogP contribution in [0.3, 0.4) is 0 Å². The number of benzene rings is 3. The molecule has 198 valence electrons. The van der Waals surface area contributed by atoms with Crippen LogP contribution < -0.4 is 5.01 Å². The molecule has 1 amide bonds. The molecule has 7 nitrogen and oxygen atoms in total. The maximum Gasteiger partial charge on any atom is 0.280 e. The molecule has 0 saturated heterocycles. The number of carbonyl (C=O) groups is 1. The number of sulfonamides is 1. The highest BCUT2D eigenvalue weighted by atomic mass is 32.2. The van der Waals surface area contributed by atoms with Gasteiger partial charge in [0.15, 0.2) is 0 Å². The van der Waals surface area contributed by atoms with Crippen LogP contribution in [0.25, 0.3) is 10.2 Å². The van der Waals surface area contributed by atoms with Gasteiger partial charge < -0.3 is 0 Å². The van der Waals surface area contributed by atoms with Crippen LogP contribution in [0.2, 0.25) is 0 Å². The number of hydrogen-bond donors (Lipinski definition) is 0. The van der Waals surface area contributed by atoms with Gasteiger partial charge >= 0.3 is 0 Å². The van der Waals surface area contributed by atoms with E-state index in [0.29, 0.717) is 23.8 Å². The fourth-order valence-corrected chi connectivity index (χ4v) is 6.61. The fraction of sp³-hybridized carbons (Fsp3) is 0.276. The van der Waals surface area contributed by atoms with E-state index in [1.54, 1.807) is 6.21 Å². The lowest BCUT2D eigenvalue weighted by molar-refractivity contribution is 0.0987. The van der Waals surface area contributed by atoms with Crippen LogP contribution in [-0.4, -0.2) is 42.9 Å². The van der Waals surface area contributed by atoms with Crippen molar-refractivity contribution in [2.24, 2.45) is 5.10 Å². The summed E-state index contributed by atoms with van der Waals surface area (Å²) in [7, 11) is -3.64. The molecule has 0 atom stereocenters. The van der Waals surface area contributed by atoms with Crippen molar-refractivity contribution < 1.29 is 13.2 Å². The van der Waals surface area contributed by atoms with Gasteiger partial charge in [0.05, 0.1) is 21.3 Å². The normalized spacial score (nSPS) is 12.0. The number of anilines is 1. The summed E-state index contributed by atoms with van der Waals surface area (Å²) in [4.78, 5) is 18.5. The number of rotatable bonds is 10. The summed E-state index contributed by atoms with van der Waals surface area (Å²) in [6.07, 6.45) is 3.08. The molecule has 1 heterocycles. The third kappa shape index (κ3) is 6.18. The van der Waals surface area contributed by atoms with E-state index in [2.05, 4.69) is 10.1 Å². The zero-order chi connectivity index (χ0) is 27.3. The fourth-order valence-electron chi connectivity index (χ4n) is 3.97. The maximum atomic E-state index is 13.7. The Labute approximate surface area is 228 Å². The standard InChI is InChI=1S/C29H32N4O3S2/c1-5-17-32(18-6-2)38(35,36)25-14-12-24(13-15-25)28(34)33(30-20-23-10-7-21(3)8-11-23)29-31-26-16-9-22(4)19-27(26)37-29/h7-16,19-20H,5-6,17-18H2,1-4H3/b30-20+. The highest BCUT2D eigenvalue weighted by Gasteiger charge is 2.25. The molecule has 0 bridgehead atoms. The smallest absolute Gasteiger partial charge is 0.267 e. The van der Waals surface area contributed by atoms with Crippen LogP contribution in [0.15, 0.2) is 76.7 Å². The van der Waals surface area contributed by atoms with Gasteiger partial charge in [0, 0.05) is 18.7 Å². The Balaban J connectivity index is 1.69. The lowest BCUT2D eigenvalue weighted by Gasteiger charge is -2.21. The number of carbonyl (C=O) groups excluding carboxylic acids is 1. The molecule has 0 unspecified atom stereocenters. The molecule has 1 aromatic heterocycles. The van der Waals surface area contributed by atoms with Crippen LogP contribution in [0.4, 0.5) is 5.13 Å². The van der Waals surface area contributed by atoms with Gasteiger partial charge in [0.25, 0.3) is 5.91 Å². The summed E-state index contributed by atoms with van der Waals surface area (Å²) in [6.45, 7) is 8.83. The highest BCUT2D eigenvalue weighted by Crippen LogP contribution is 2.31. The number of aromatic nitrogens is 1. The van der Waals surface area contributed by atoms with Crippen LogP contribution in [0.1, 0.15) is 53.7 Å². The first-order valence-electron chi connectivity index (χ1n) is 12.7. The Morgan fingerprint density at radius 3 is 2.18 bits per heavy atom. The minimum absolute atomic E-state index is 0.168. The lowest BCUT2D eigenvalue weighted by Crippen LogP contribution is -2.32. The van der Waals surface area contributed by atoms with Crippen molar-refractivity contribution in [1.29, 1.82) is 0 Å². The molecular formula is C29H32N4O3S2. The number of amides is 1. The van der Waals surface area contributed by atoms with E-state index in [4.69, 9.17) is 0 Å². The number of aryl methyl sites for hydroxylation is 2. The van der Waals surface area contributed by atoms with Crippen molar-refractivity contribution >= 4 is 48.8 Å². The molecule has 0 saturated carbocycles. The van der Waals surface area contributed by atoms with Crippen molar-refractivity contribution in [3.8, 4) is 0 Å². The predicted octanol–water partition coefficient (Wildman–Crippen LogP) is 6.40. The van der Waals surface area contributed by atoms with Crippen molar-refractivity contribution in [2.45, 2.75) is 45.4 Å². The van der Waals surface area contributed by atoms with E-state index >= 15 is 0 Å². The van der Waals surface area contributed by atoms with E-state index in [0.717, 1.165) is 39.7 Å². The molecule has 0 spiro atoms. The summed E-state index contributed by atoms with van der Waals surface area (Å²) in [6, 6.07) is 19.8. The third-order valence-corrected chi connectivity index (χ3v) is 8.90. The van der Waals surface area contributed by atoms with E-state index in [1.165, 1.54) is 44.9 Å². The van der Waals surface area contributed by atoms with Gasteiger partial charge in [0.2, 0.25) is 15.2 Å². The zero-order valence-corrected chi connectivity index (χ0v) is 23.7. The highest BCUT2D eigenvalue weighted by molar-refractivity contribution is 7.89. The monoisotopic (exact) mass is 548 g/mol. The maximum absolute atomic E-state index is 13.7. The average Bonchev–Trinajstić information content (AvgIpc) is 3.32. The van der Waals surface area contributed by atoms with Gasteiger partial charge in [-0.05, 0) is 74.2 Å². The molecule has 4 aromatic rings. The van der Waals surface area contributed by atoms with Gasteiger partial charge in [-0.15, -0.1) is 0 Å². The molecular weight excluding hydrogens is 516 g/mol. The Hall–Kier alpha value is -3.40. The van der Waals surface area contributed by atoms with Gasteiger partial charge in [-0.3, -0.25) is 4.79 Å². The first-order valence-corrected chi connectivity index (χ1v) is 14.9. The van der Waals surface area contributed by atoms with Crippen LogP contribution >= 0.6 is 11.3 Å². The van der Waals surface area contributed by atoms with Crippen molar-refractivity contribution in [3.63, 3.8) is 0 Å².